The molecule has 0 bridgehead atoms. The third-order valence-electron chi connectivity index (χ3n) is 2.51. The minimum absolute atomic E-state index is 0. The molecule has 0 radical (unpaired) electrons. The van der Waals surface area contributed by atoms with Crippen molar-refractivity contribution in [2.24, 2.45) is 0 Å². The van der Waals surface area contributed by atoms with Crippen LogP contribution in [0.4, 0.5) is 26.3 Å². The fourth-order valence-corrected chi connectivity index (χ4v) is 1.84. The number of hydrogen-bond acceptors (Lipinski definition) is 3. The number of nitrogens with one attached hydrogen (secondary N) is 1. The van der Waals surface area contributed by atoms with Crippen molar-refractivity contribution in [1.82, 2.24) is 20.1 Å². The summed E-state index contributed by atoms with van der Waals surface area (Å²) in [6.07, 6.45) is -10.5. The molecule has 0 fully saturated rings. The molecule has 1 aromatic rings. The zero-order chi connectivity index (χ0) is 13.6. The van der Waals surface area contributed by atoms with E-state index in [1.54, 1.807) is 0 Å². The van der Waals surface area contributed by atoms with Crippen molar-refractivity contribution < 1.29 is 26.3 Å². The summed E-state index contributed by atoms with van der Waals surface area (Å²) in [4.78, 5) is 0. The maximum Gasteiger partial charge on any atom is 0.451 e. The largest absolute Gasteiger partial charge is 0.451 e. The summed E-state index contributed by atoms with van der Waals surface area (Å²) >= 11 is 0. The van der Waals surface area contributed by atoms with Gasteiger partial charge in [0.05, 0.1) is 12.5 Å². The van der Waals surface area contributed by atoms with Gasteiger partial charge in [0.2, 0.25) is 5.82 Å². The molecule has 0 aliphatic carbocycles. The van der Waals surface area contributed by atoms with Crippen molar-refractivity contribution >= 4 is 12.4 Å². The molecule has 19 heavy (non-hydrogen) atoms. The van der Waals surface area contributed by atoms with Crippen molar-refractivity contribution in [3.63, 3.8) is 0 Å². The van der Waals surface area contributed by atoms with Crippen molar-refractivity contribution in [1.29, 1.82) is 0 Å². The van der Waals surface area contributed by atoms with E-state index >= 15 is 0 Å². The van der Waals surface area contributed by atoms with Gasteiger partial charge in [-0.3, -0.25) is 0 Å². The van der Waals surface area contributed by atoms with Gasteiger partial charge in [0.15, 0.2) is 5.82 Å². The van der Waals surface area contributed by atoms with Crippen LogP contribution in [0, 0.1) is 0 Å². The first-order valence-corrected chi connectivity index (χ1v) is 4.99. The maximum absolute atomic E-state index is 12.5. The topological polar surface area (TPSA) is 42.7 Å². The summed E-state index contributed by atoms with van der Waals surface area (Å²) < 4.78 is 75.0. The Hall–Kier alpha value is -1.03. The SMILES string of the molecule is Cl.FC(F)(F)CC1NCCn2c1nnc2C(F)(F)F. The van der Waals surface area contributed by atoms with E-state index in [4.69, 9.17) is 0 Å². The molecule has 11 heteroatoms. The highest BCUT2D eigenvalue weighted by molar-refractivity contribution is 5.85. The number of aromatic nitrogens is 3. The highest BCUT2D eigenvalue weighted by atomic mass is 35.5. The number of rotatable bonds is 1. The van der Waals surface area contributed by atoms with Gasteiger partial charge >= 0.3 is 12.4 Å². The monoisotopic (exact) mass is 310 g/mol. The maximum atomic E-state index is 12.5. The van der Waals surface area contributed by atoms with Gasteiger partial charge in [0.25, 0.3) is 0 Å². The molecule has 0 aromatic carbocycles. The van der Waals surface area contributed by atoms with Crippen LogP contribution in [0.2, 0.25) is 0 Å². The van der Waals surface area contributed by atoms with Gasteiger partial charge in [-0.1, -0.05) is 0 Å². The van der Waals surface area contributed by atoms with Gasteiger partial charge in [0.1, 0.15) is 0 Å². The summed E-state index contributed by atoms with van der Waals surface area (Å²) in [5.74, 6) is -1.59. The number of fused-ring (bicyclic) bond motifs is 1. The Morgan fingerprint density at radius 2 is 1.79 bits per heavy atom. The molecular weight excluding hydrogens is 302 g/mol. The van der Waals surface area contributed by atoms with E-state index in [1.165, 1.54) is 0 Å². The van der Waals surface area contributed by atoms with E-state index < -0.39 is 30.6 Å². The van der Waals surface area contributed by atoms with Crippen molar-refractivity contribution in [3.05, 3.63) is 11.6 Å². The molecule has 1 unspecified atom stereocenters. The molecule has 1 aliphatic heterocycles. The molecule has 1 atom stereocenters. The second kappa shape index (κ2) is 5.16. The summed E-state index contributed by atoms with van der Waals surface area (Å²) in [5.41, 5.74) is 0. The van der Waals surface area contributed by atoms with Gasteiger partial charge in [-0.15, -0.1) is 22.6 Å². The van der Waals surface area contributed by atoms with Crippen molar-refractivity contribution in [2.45, 2.75) is 31.4 Å². The minimum atomic E-state index is -4.72. The average molecular weight is 311 g/mol. The molecule has 0 saturated heterocycles. The van der Waals surface area contributed by atoms with E-state index in [0.717, 1.165) is 0 Å². The molecule has 0 spiro atoms. The zero-order valence-electron chi connectivity index (χ0n) is 9.22. The lowest BCUT2D eigenvalue weighted by Crippen LogP contribution is -2.37. The number of halogens is 7. The van der Waals surface area contributed by atoms with Crippen LogP contribution in [-0.4, -0.2) is 27.5 Å². The van der Waals surface area contributed by atoms with Gasteiger partial charge < -0.3 is 9.88 Å². The summed E-state index contributed by atoms with van der Waals surface area (Å²) in [5, 5.41) is 8.64. The lowest BCUT2D eigenvalue weighted by atomic mass is 10.1. The molecule has 4 nitrogen and oxygen atoms in total. The zero-order valence-corrected chi connectivity index (χ0v) is 10.0. The molecule has 110 valence electrons. The average Bonchev–Trinajstić information content (AvgIpc) is 2.58. The van der Waals surface area contributed by atoms with Gasteiger partial charge in [-0.2, -0.15) is 26.3 Å². The highest BCUT2D eigenvalue weighted by Gasteiger charge is 2.42. The second-order valence-corrected chi connectivity index (χ2v) is 3.86. The van der Waals surface area contributed by atoms with Crippen LogP contribution in [-0.2, 0) is 12.7 Å². The smallest absolute Gasteiger partial charge is 0.305 e. The van der Waals surface area contributed by atoms with Crippen molar-refractivity contribution in [2.75, 3.05) is 6.54 Å². The third kappa shape index (κ3) is 3.50. The van der Waals surface area contributed by atoms with E-state index in [-0.39, 0.29) is 31.3 Å². The molecule has 1 aliphatic rings. The Bertz CT molecular complexity index is 439. The van der Waals surface area contributed by atoms with Crippen molar-refractivity contribution in [3.8, 4) is 0 Å². The van der Waals surface area contributed by atoms with Crippen LogP contribution < -0.4 is 5.32 Å². The molecule has 0 saturated carbocycles. The second-order valence-electron chi connectivity index (χ2n) is 3.86. The predicted molar refractivity (Wildman–Crippen MR) is 53.7 cm³/mol. The van der Waals surface area contributed by atoms with E-state index in [2.05, 4.69) is 15.5 Å². The van der Waals surface area contributed by atoms with Gasteiger partial charge in [0, 0.05) is 13.1 Å². The molecule has 1 N–H and O–H groups in total. The third-order valence-corrected chi connectivity index (χ3v) is 2.51. The van der Waals surface area contributed by atoms with Gasteiger partial charge in [-0.25, -0.2) is 0 Å². The van der Waals surface area contributed by atoms with Crippen LogP contribution in [0.25, 0.3) is 0 Å². The summed E-state index contributed by atoms with van der Waals surface area (Å²) in [7, 11) is 0. The first-order valence-electron chi connectivity index (χ1n) is 4.99. The Balaban J connectivity index is 0.00000180. The molecule has 2 rings (SSSR count). The van der Waals surface area contributed by atoms with Gasteiger partial charge in [-0.05, 0) is 0 Å². The fraction of sp³-hybridized carbons (Fsp3) is 0.750. The number of alkyl halides is 6. The van der Waals surface area contributed by atoms with E-state index in [9.17, 15) is 26.3 Å². The number of hydrogen-bond donors (Lipinski definition) is 1. The number of nitrogens with zero attached hydrogens (tertiary/aromatic N) is 3. The highest BCUT2D eigenvalue weighted by Crippen LogP contribution is 2.34. The Labute approximate surface area is 109 Å². The molecular formula is C8H9ClF6N4. The molecule has 2 heterocycles. The lowest BCUT2D eigenvalue weighted by Gasteiger charge is -2.25. The Morgan fingerprint density at radius 1 is 1.16 bits per heavy atom. The first kappa shape index (κ1) is 16.0. The Kier molecular flexibility index (Phi) is 4.35. The van der Waals surface area contributed by atoms with E-state index in [1.807, 2.05) is 0 Å². The Morgan fingerprint density at radius 3 is 2.32 bits per heavy atom. The molecule has 1 aromatic heterocycles. The van der Waals surface area contributed by atoms with Crippen LogP contribution in [0.1, 0.15) is 24.1 Å². The molecule has 0 amide bonds. The fourth-order valence-electron chi connectivity index (χ4n) is 1.84. The summed E-state index contributed by atoms with van der Waals surface area (Å²) in [6, 6.07) is -1.29. The van der Waals surface area contributed by atoms with Crippen LogP contribution >= 0.6 is 12.4 Å². The minimum Gasteiger partial charge on any atom is -0.305 e. The van der Waals surface area contributed by atoms with Crippen LogP contribution in [0.15, 0.2) is 0 Å². The van der Waals surface area contributed by atoms with Crippen LogP contribution in [0.3, 0.4) is 0 Å². The normalized spacial score (nSPS) is 19.8. The van der Waals surface area contributed by atoms with Crippen LogP contribution in [0.5, 0.6) is 0 Å². The summed E-state index contributed by atoms with van der Waals surface area (Å²) in [6.45, 7) is -0.0968. The first-order chi connectivity index (χ1) is 8.18. The van der Waals surface area contributed by atoms with E-state index in [0.29, 0.717) is 4.57 Å². The lowest BCUT2D eigenvalue weighted by molar-refractivity contribution is -0.148. The predicted octanol–water partition coefficient (Wildman–Crippen LogP) is 2.32. The standard InChI is InChI=1S/C8H8F6N4.ClH/c9-7(10,11)3-4-5-16-17-6(8(12,13)14)18(5)2-1-15-4;/h4,15H,1-3H2;1H. The quantitative estimate of drug-likeness (QED) is 0.810.